The summed E-state index contributed by atoms with van der Waals surface area (Å²) in [5.41, 5.74) is 2.84. The van der Waals surface area contributed by atoms with Crippen molar-refractivity contribution in [3.05, 3.63) is 81.0 Å². The van der Waals surface area contributed by atoms with Gasteiger partial charge in [0.1, 0.15) is 4.90 Å². The van der Waals surface area contributed by atoms with E-state index in [1.807, 2.05) is 6.92 Å². The first-order valence-electron chi connectivity index (χ1n) is 9.44. The third kappa shape index (κ3) is 3.88. The smallest absolute Gasteiger partial charge is 0.285 e. The summed E-state index contributed by atoms with van der Waals surface area (Å²) in [5.74, 6) is 0.114. The minimum atomic E-state index is -3.68. The van der Waals surface area contributed by atoms with E-state index in [1.165, 1.54) is 15.8 Å². The first-order valence-corrected chi connectivity index (χ1v) is 11.7. The zero-order valence-electron chi connectivity index (χ0n) is 16.8. The van der Waals surface area contributed by atoms with Crippen LogP contribution in [0.3, 0.4) is 0 Å². The van der Waals surface area contributed by atoms with Crippen LogP contribution in [0.2, 0.25) is 0 Å². The van der Waals surface area contributed by atoms with Gasteiger partial charge in [-0.25, -0.2) is 0 Å². The first-order chi connectivity index (χ1) is 14.2. The van der Waals surface area contributed by atoms with Crippen molar-refractivity contribution >= 4 is 38.8 Å². The van der Waals surface area contributed by atoms with Gasteiger partial charge in [-0.05, 0) is 68.8 Å². The van der Waals surface area contributed by atoms with Gasteiger partial charge >= 0.3 is 0 Å². The van der Waals surface area contributed by atoms with E-state index in [0.29, 0.717) is 16.8 Å². The van der Waals surface area contributed by atoms with E-state index in [1.54, 1.807) is 53.8 Å². The molecule has 0 saturated carbocycles. The highest BCUT2D eigenvalue weighted by atomic mass is 32.2. The molecular formula is C22H21N3O3S2. The lowest BCUT2D eigenvalue weighted by atomic mass is 10.1. The Morgan fingerprint density at radius 3 is 2.43 bits per heavy atom. The van der Waals surface area contributed by atoms with Crippen LogP contribution < -0.4 is 10.6 Å². The van der Waals surface area contributed by atoms with E-state index in [2.05, 4.69) is 34.9 Å². The maximum Gasteiger partial charge on any atom is 0.285 e. The standard InChI is InChI=1S/C22H21N3O3S2/c1-13-12-19(15(3)29-13)14(2)23-22(26)16-8-10-17(11-9-16)24-21-18-6-4-5-7-20(18)30(27,28)25-21/h4-12,14H,1-3H3,(H,23,26)(H,24,25). The number of aryl methyl sites for hydroxylation is 2. The molecule has 0 fully saturated rings. The molecule has 2 aromatic carbocycles. The Morgan fingerprint density at radius 2 is 1.77 bits per heavy atom. The average molecular weight is 440 g/mol. The zero-order chi connectivity index (χ0) is 21.5. The summed E-state index contributed by atoms with van der Waals surface area (Å²) in [6.45, 7) is 6.08. The van der Waals surface area contributed by atoms with Crippen LogP contribution in [0.5, 0.6) is 0 Å². The fraction of sp³-hybridized carbons (Fsp3) is 0.182. The molecule has 0 radical (unpaired) electrons. The minimum absolute atomic E-state index is 0.0881. The maximum absolute atomic E-state index is 12.6. The van der Waals surface area contributed by atoms with Crippen LogP contribution >= 0.6 is 11.3 Å². The van der Waals surface area contributed by atoms with Crippen LogP contribution in [0.4, 0.5) is 5.69 Å². The van der Waals surface area contributed by atoms with Gasteiger partial charge in [-0.1, -0.05) is 12.1 Å². The number of fused-ring (bicyclic) bond motifs is 1. The highest BCUT2D eigenvalue weighted by Crippen LogP contribution is 2.28. The number of amides is 1. The number of benzene rings is 2. The summed E-state index contributed by atoms with van der Waals surface area (Å²) in [4.78, 5) is 15.2. The van der Waals surface area contributed by atoms with Gasteiger partial charge in [0.2, 0.25) is 0 Å². The summed E-state index contributed by atoms with van der Waals surface area (Å²) >= 11 is 1.72. The fourth-order valence-corrected chi connectivity index (χ4v) is 5.67. The molecule has 2 N–H and O–H groups in total. The summed E-state index contributed by atoms with van der Waals surface area (Å²) in [7, 11) is -3.68. The van der Waals surface area contributed by atoms with Crippen LogP contribution in [0.25, 0.3) is 0 Å². The number of nitrogens with zero attached hydrogens (tertiary/aromatic N) is 1. The highest BCUT2D eigenvalue weighted by molar-refractivity contribution is 7.90. The Kier molecular flexibility index (Phi) is 5.21. The van der Waals surface area contributed by atoms with Crippen molar-refractivity contribution in [2.75, 3.05) is 5.32 Å². The second-order valence-electron chi connectivity index (χ2n) is 7.18. The molecule has 4 rings (SSSR count). The average Bonchev–Trinajstić information content (AvgIpc) is 3.18. The summed E-state index contributed by atoms with van der Waals surface area (Å²) in [5, 5.41) is 6.06. The summed E-state index contributed by atoms with van der Waals surface area (Å²) in [6, 6.07) is 15.6. The number of hydrogen-bond donors (Lipinski definition) is 2. The molecule has 154 valence electrons. The molecule has 6 nitrogen and oxygen atoms in total. The van der Waals surface area contributed by atoms with E-state index < -0.39 is 10.0 Å². The van der Waals surface area contributed by atoms with Gasteiger partial charge in [0.25, 0.3) is 15.9 Å². The van der Waals surface area contributed by atoms with Crippen molar-refractivity contribution in [1.82, 2.24) is 5.32 Å². The van der Waals surface area contributed by atoms with Crippen LogP contribution in [0, 0.1) is 13.8 Å². The van der Waals surface area contributed by atoms with Gasteiger partial charge in [-0.2, -0.15) is 8.42 Å². The molecule has 2 heterocycles. The Morgan fingerprint density at radius 1 is 1.07 bits per heavy atom. The monoisotopic (exact) mass is 439 g/mol. The fourth-order valence-electron chi connectivity index (χ4n) is 3.48. The number of thiophene rings is 1. The number of rotatable bonds is 4. The third-order valence-corrected chi connectivity index (χ3v) is 7.25. The molecule has 1 amide bonds. The van der Waals surface area contributed by atoms with Crippen molar-refractivity contribution < 1.29 is 13.2 Å². The van der Waals surface area contributed by atoms with Crippen molar-refractivity contribution in [3.63, 3.8) is 0 Å². The number of nitrogens with one attached hydrogen (secondary N) is 2. The lowest BCUT2D eigenvalue weighted by Gasteiger charge is -2.14. The highest BCUT2D eigenvalue weighted by Gasteiger charge is 2.28. The van der Waals surface area contributed by atoms with Gasteiger partial charge in [0.15, 0.2) is 5.84 Å². The molecule has 0 bridgehead atoms. The molecular weight excluding hydrogens is 418 g/mol. The van der Waals surface area contributed by atoms with E-state index in [-0.39, 0.29) is 22.7 Å². The van der Waals surface area contributed by atoms with Crippen LogP contribution in [0.1, 0.15) is 44.2 Å². The molecule has 0 spiro atoms. The second-order valence-corrected chi connectivity index (χ2v) is 10.2. The summed E-state index contributed by atoms with van der Waals surface area (Å²) < 4.78 is 28.1. The van der Waals surface area contributed by atoms with Crippen molar-refractivity contribution in [1.29, 1.82) is 0 Å². The molecule has 1 aromatic heterocycles. The molecule has 1 aliphatic rings. The second kappa shape index (κ2) is 7.70. The lowest BCUT2D eigenvalue weighted by Crippen LogP contribution is -2.26. The molecule has 30 heavy (non-hydrogen) atoms. The van der Waals surface area contributed by atoms with Crippen LogP contribution in [-0.2, 0) is 10.0 Å². The van der Waals surface area contributed by atoms with Crippen LogP contribution in [-0.4, -0.2) is 20.2 Å². The number of sulfonamides is 1. The van der Waals surface area contributed by atoms with Gasteiger partial charge in [-0.3, -0.25) is 4.79 Å². The topological polar surface area (TPSA) is 87.6 Å². The third-order valence-electron chi connectivity index (χ3n) is 4.93. The summed E-state index contributed by atoms with van der Waals surface area (Å²) in [6.07, 6.45) is 0. The molecule has 3 aromatic rings. The number of amidine groups is 1. The number of carbonyl (C=O) groups is 1. The molecule has 0 saturated heterocycles. The van der Waals surface area contributed by atoms with Crippen molar-refractivity contribution in [3.8, 4) is 0 Å². The van der Waals surface area contributed by atoms with E-state index in [0.717, 1.165) is 5.56 Å². The molecule has 1 aliphatic heterocycles. The van der Waals surface area contributed by atoms with E-state index in [9.17, 15) is 13.2 Å². The largest absolute Gasteiger partial charge is 0.345 e. The Labute approximate surface area is 179 Å². The SMILES string of the molecule is Cc1cc(C(C)NC(=O)c2ccc(NC3=NS(=O)(=O)c4ccccc43)cc2)c(C)s1. The van der Waals surface area contributed by atoms with Gasteiger partial charge in [0.05, 0.1) is 6.04 Å². The van der Waals surface area contributed by atoms with E-state index >= 15 is 0 Å². The van der Waals surface area contributed by atoms with Crippen LogP contribution in [0.15, 0.2) is 63.9 Å². The van der Waals surface area contributed by atoms with Gasteiger partial charge in [-0.15, -0.1) is 15.7 Å². The predicted octanol–water partition coefficient (Wildman–Crippen LogP) is 4.42. The quantitative estimate of drug-likeness (QED) is 0.630. The first kappa shape index (κ1) is 20.3. The van der Waals surface area contributed by atoms with Gasteiger partial charge in [0, 0.05) is 26.6 Å². The van der Waals surface area contributed by atoms with Crippen molar-refractivity contribution in [2.45, 2.75) is 31.7 Å². The lowest BCUT2D eigenvalue weighted by molar-refractivity contribution is 0.0940. The molecule has 1 unspecified atom stereocenters. The molecule has 8 heteroatoms. The Hall–Kier alpha value is -2.97. The van der Waals surface area contributed by atoms with Gasteiger partial charge < -0.3 is 10.6 Å². The maximum atomic E-state index is 12.6. The van der Waals surface area contributed by atoms with E-state index in [4.69, 9.17) is 0 Å². The Balaban J connectivity index is 1.47. The van der Waals surface area contributed by atoms with Crippen molar-refractivity contribution in [2.24, 2.45) is 4.40 Å². The predicted molar refractivity (Wildman–Crippen MR) is 120 cm³/mol. The Bertz CT molecular complexity index is 1260. The number of anilines is 1. The zero-order valence-corrected chi connectivity index (χ0v) is 18.4. The molecule has 0 aliphatic carbocycles. The number of carbonyl (C=O) groups excluding carboxylic acids is 1. The normalized spacial score (nSPS) is 15.2. The minimum Gasteiger partial charge on any atom is -0.345 e. The number of hydrogen-bond acceptors (Lipinski definition) is 5. The molecule has 1 atom stereocenters.